The van der Waals surface area contributed by atoms with Gasteiger partial charge in [-0.15, -0.1) is 0 Å². The summed E-state index contributed by atoms with van der Waals surface area (Å²) >= 11 is 0. The van der Waals surface area contributed by atoms with Crippen LogP contribution >= 0.6 is 0 Å². The van der Waals surface area contributed by atoms with Gasteiger partial charge in [0.05, 0.1) is 6.67 Å². The minimum atomic E-state index is -0.00523. The summed E-state index contributed by atoms with van der Waals surface area (Å²) in [5, 5.41) is 3.08. The Morgan fingerprint density at radius 3 is 3.07 bits per heavy atom. The van der Waals surface area contributed by atoms with E-state index in [0.717, 1.165) is 0 Å². The summed E-state index contributed by atoms with van der Waals surface area (Å²) in [6.07, 6.45) is 2.98. The van der Waals surface area contributed by atoms with Crippen LogP contribution in [0, 0.1) is 0 Å². The lowest BCUT2D eigenvalue weighted by Gasteiger charge is -2.31. The lowest BCUT2D eigenvalue weighted by molar-refractivity contribution is 0.0708. The van der Waals surface area contributed by atoms with Gasteiger partial charge in [0.2, 0.25) is 0 Å². The molecule has 1 amide bonds. The number of carbonyl (C=O) groups is 1. The average molecular weight is 192 g/mol. The molecule has 1 aliphatic heterocycles. The second-order valence-electron chi connectivity index (χ2n) is 3.49. The molecule has 0 bridgehead atoms. The van der Waals surface area contributed by atoms with Crippen molar-refractivity contribution in [3.63, 3.8) is 0 Å². The largest absolute Gasteiger partial charge is 0.352 e. The van der Waals surface area contributed by atoms with Gasteiger partial charge in [-0.1, -0.05) is 0 Å². The molecule has 1 N–H and O–H groups in total. The number of aromatic nitrogens is 2. The Morgan fingerprint density at radius 1 is 1.57 bits per heavy atom. The van der Waals surface area contributed by atoms with Gasteiger partial charge < -0.3 is 10.2 Å². The normalized spacial score (nSPS) is 15.4. The summed E-state index contributed by atoms with van der Waals surface area (Å²) in [6, 6.07) is 0.184. The highest BCUT2D eigenvalue weighted by Gasteiger charge is 2.26. The molecule has 0 unspecified atom stereocenters. The van der Waals surface area contributed by atoms with E-state index in [2.05, 4.69) is 15.3 Å². The van der Waals surface area contributed by atoms with Crippen molar-refractivity contribution in [1.82, 2.24) is 14.9 Å². The lowest BCUT2D eigenvalue weighted by Crippen LogP contribution is -2.44. The first-order valence-corrected chi connectivity index (χ1v) is 4.55. The molecular weight excluding hydrogens is 180 g/mol. The second-order valence-corrected chi connectivity index (χ2v) is 3.49. The molecule has 5 heteroatoms. The molecule has 0 aliphatic carbocycles. The zero-order chi connectivity index (χ0) is 10.1. The molecule has 0 spiro atoms. The van der Waals surface area contributed by atoms with Gasteiger partial charge in [-0.3, -0.25) is 4.79 Å². The third-order valence-electron chi connectivity index (χ3n) is 2.24. The highest BCUT2D eigenvalue weighted by Crippen LogP contribution is 2.19. The molecule has 0 aromatic carbocycles. The van der Waals surface area contributed by atoms with Crippen molar-refractivity contribution >= 4 is 11.7 Å². The zero-order valence-corrected chi connectivity index (χ0v) is 8.19. The number of anilines is 1. The summed E-state index contributed by atoms with van der Waals surface area (Å²) in [6.45, 7) is 4.48. The highest BCUT2D eigenvalue weighted by atomic mass is 16.2. The van der Waals surface area contributed by atoms with Crippen molar-refractivity contribution in [3.8, 4) is 0 Å². The number of nitrogens with one attached hydrogen (secondary N) is 1. The van der Waals surface area contributed by atoms with Crippen molar-refractivity contribution in [3.05, 3.63) is 18.1 Å². The van der Waals surface area contributed by atoms with E-state index < -0.39 is 0 Å². The molecule has 1 aromatic heterocycles. The first-order valence-electron chi connectivity index (χ1n) is 4.55. The fourth-order valence-electron chi connectivity index (χ4n) is 1.43. The van der Waals surface area contributed by atoms with Gasteiger partial charge >= 0.3 is 0 Å². The van der Waals surface area contributed by atoms with Crippen LogP contribution in [0.1, 0.15) is 24.2 Å². The third kappa shape index (κ3) is 1.30. The van der Waals surface area contributed by atoms with Gasteiger partial charge in [0.1, 0.15) is 17.7 Å². The van der Waals surface area contributed by atoms with Gasteiger partial charge in [-0.05, 0) is 13.8 Å². The monoisotopic (exact) mass is 192 g/mol. The van der Waals surface area contributed by atoms with Crippen molar-refractivity contribution in [2.75, 3.05) is 12.0 Å². The highest BCUT2D eigenvalue weighted by molar-refractivity contribution is 6.00. The second kappa shape index (κ2) is 3.25. The van der Waals surface area contributed by atoms with Crippen LogP contribution in [0.15, 0.2) is 12.5 Å². The molecule has 1 aromatic rings. The van der Waals surface area contributed by atoms with Gasteiger partial charge in [-0.2, -0.15) is 0 Å². The molecule has 0 radical (unpaired) electrons. The number of nitrogens with zero attached hydrogens (tertiary/aromatic N) is 3. The van der Waals surface area contributed by atoms with Crippen LogP contribution < -0.4 is 5.32 Å². The van der Waals surface area contributed by atoms with Crippen LogP contribution in [0.5, 0.6) is 0 Å². The number of rotatable bonds is 1. The smallest absolute Gasteiger partial charge is 0.260 e. The SMILES string of the molecule is CC(C)N1CNc2ncncc2C1=O. The molecule has 0 fully saturated rings. The number of amides is 1. The molecule has 0 atom stereocenters. The summed E-state index contributed by atoms with van der Waals surface area (Å²) in [5.74, 6) is 0.622. The Balaban J connectivity index is 2.37. The summed E-state index contributed by atoms with van der Waals surface area (Å²) in [7, 11) is 0. The Bertz CT molecular complexity index is 364. The van der Waals surface area contributed by atoms with Crippen LogP contribution in [-0.4, -0.2) is 33.5 Å². The van der Waals surface area contributed by atoms with Crippen LogP contribution in [-0.2, 0) is 0 Å². The van der Waals surface area contributed by atoms with Gasteiger partial charge in [-0.25, -0.2) is 9.97 Å². The summed E-state index contributed by atoms with van der Waals surface area (Å²) in [4.78, 5) is 21.4. The van der Waals surface area contributed by atoms with Crippen LogP contribution in [0.2, 0.25) is 0 Å². The predicted molar refractivity (Wildman–Crippen MR) is 51.8 cm³/mol. The number of hydrogen-bond donors (Lipinski definition) is 1. The van der Waals surface area contributed by atoms with E-state index in [4.69, 9.17) is 0 Å². The number of hydrogen-bond acceptors (Lipinski definition) is 4. The Morgan fingerprint density at radius 2 is 2.36 bits per heavy atom. The molecular formula is C9H12N4O. The van der Waals surface area contributed by atoms with Crippen molar-refractivity contribution < 1.29 is 4.79 Å². The van der Waals surface area contributed by atoms with Crippen LogP contribution in [0.25, 0.3) is 0 Å². The maximum Gasteiger partial charge on any atom is 0.260 e. The van der Waals surface area contributed by atoms with E-state index in [1.165, 1.54) is 6.33 Å². The van der Waals surface area contributed by atoms with Crippen LogP contribution in [0.4, 0.5) is 5.82 Å². The van der Waals surface area contributed by atoms with Crippen molar-refractivity contribution in [2.24, 2.45) is 0 Å². The van der Waals surface area contributed by atoms with E-state index in [-0.39, 0.29) is 11.9 Å². The summed E-state index contributed by atoms with van der Waals surface area (Å²) in [5.41, 5.74) is 0.549. The van der Waals surface area contributed by atoms with E-state index in [9.17, 15) is 4.79 Å². The number of fused-ring (bicyclic) bond motifs is 1. The third-order valence-corrected chi connectivity index (χ3v) is 2.24. The van der Waals surface area contributed by atoms with Gasteiger partial charge in [0.25, 0.3) is 5.91 Å². The fourth-order valence-corrected chi connectivity index (χ4v) is 1.43. The first kappa shape index (κ1) is 8.93. The quantitative estimate of drug-likeness (QED) is 0.712. The topological polar surface area (TPSA) is 58.1 Å². The standard InChI is InChI=1S/C9H12N4O/c1-6(2)13-5-12-8-7(9(13)14)3-10-4-11-8/h3-4,6H,5H2,1-2H3,(H,10,11,12). The fraction of sp³-hybridized carbons (Fsp3) is 0.444. The van der Waals surface area contributed by atoms with E-state index in [1.54, 1.807) is 11.1 Å². The maximum absolute atomic E-state index is 11.9. The van der Waals surface area contributed by atoms with Gasteiger partial charge in [0.15, 0.2) is 0 Å². The van der Waals surface area contributed by atoms with E-state index >= 15 is 0 Å². The first-order chi connectivity index (χ1) is 6.70. The minimum absolute atomic E-state index is 0.00523. The van der Waals surface area contributed by atoms with E-state index in [0.29, 0.717) is 18.1 Å². The minimum Gasteiger partial charge on any atom is -0.352 e. The van der Waals surface area contributed by atoms with Gasteiger partial charge in [0, 0.05) is 12.2 Å². The molecule has 14 heavy (non-hydrogen) atoms. The van der Waals surface area contributed by atoms with Crippen molar-refractivity contribution in [1.29, 1.82) is 0 Å². The lowest BCUT2D eigenvalue weighted by atomic mass is 10.2. The molecule has 2 heterocycles. The predicted octanol–water partition coefficient (Wildman–Crippen LogP) is 0.710. The molecule has 2 rings (SSSR count). The van der Waals surface area contributed by atoms with Crippen LogP contribution in [0.3, 0.4) is 0 Å². The molecule has 0 saturated heterocycles. The van der Waals surface area contributed by atoms with E-state index in [1.807, 2.05) is 13.8 Å². The summed E-state index contributed by atoms with van der Waals surface area (Å²) < 4.78 is 0. The Kier molecular flexibility index (Phi) is 2.07. The molecule has 5 nitrogen and oxygen atoms in total. The number of carbonyl (C=O) groups excluding carboxylic acids is 1. The average Bonchev–Trinajstić information content (AvgIpc) is 2.18. The molecule has 1 aliphatic rings. The zero-order valence-electron chi connectivity index (χ0n) is 8.19. The molecule has 74 valence electrons. The maximum atomic E-state index is 11.9. The van der Waals surface area contributed by atoms with Crippen molar-refractivity contribution in [2.45, 2.75) is 19.9 Å². The Hall–Kier alpha value is -1.65. The molecule has 0 saturated carbocycles. The Labute approximate surface area is 82.2 Å².